The lowest BCUT2D eigenvalue weighted by molar-refractivity contribution is -0.142. The van der Waals surface area contributed by atoms with Crippen molar-refractivity contribution in [2.75, 3.05) is 0 Å². The Morgan fingerprint density at radius 1 is 1.00 bits per heavy atom. The molecule has 0 atom stereocenters. The highest BCUT2D eigenvalue weighted by Gasteiger charge is 2.39. The molecule has 0 bridgehead atoms. The Morgan fingerprint density at radius 2 is 1.53 bits per heavy atom. The van der Waals surface area contributed by atoms with Gasteiger partial charge in [0.1, 0.15) is 11.3 Å². The maximum atomic E-state index is 12.5. The number of phenolic OH excluding ortho intramolecular Hbond substituents is 1. The highest BCUT2D eigenvalue weighted by Crippen LogP contribution is 2.42. The lowest BCUT2D eigenvalue weighted by Crippen LogP contribution is -2.13. The van der Waals surface area contributed by atoms with Crippen LogP contribution in [-0.2, 0) is 18.8 Å². The number of hydrogen-bond donors (Lipinski definition) is 1. The number of phenols is 1. The van der Waals surface area contributed by atoms with Crippen LogP contribution in [0.2, 0.25) is 0 Å². The molecule has 1 rings (SSSR count). The molecule has 0 unspecified atom stereocenters. The highest BCUT2D eigenvalue weighted by atomic mass is 19.4. The van der Waals surface area contributed by atoms with Gasteiger partial charge in [-0.2, -0.15) is 26.3 Å². The fourth-order valence-electron chi connectivity index (χ4n) is 1.46. The van der Waals surface area contributed by atoms with Crippen molar-refractivity contribution in [3.8, 4) is 5.75 Å². The SMILES string of the molecule is CCc1cc(C(F)(F)F)cc(O)c1C(F)(F)F. The first-order valence-electron chi connectivity index (χ1n) is 4.57. The molecule has 0 aliphatic rings. The predicted molar refractivity (Wildman–Crippen MR) is 47.5 cm³/mol. The van der Waals surface area contributed by atoms with Crippen molar-refractivity contribution < 1.29 is 31.4 Å². The maximum Gasteiger partial charge on any atom is 0.420 e. The standard InChI is InChI=1S/C10H8F6O/c1-2-5-3-6(9(11,12)13)4-7(17)8(5)10(14,15)16/h3-4,17H,2H2,1H3. The van der Waals surface area contributed by atoms with Crippen molar-refractivity contribution in [3.05, 3.63) is 28.8 Å². The van der Waals surface area contributed by atoms with E-state index in [1.165, 1.54) is 6.92 Å². The zero-order valence-electron chi connectivity index (χ0n) is 8.58. The van der Waals surface area contributed by atoms with Crippen LogP contribution in [0.5, 0.6) is 5.75 Å². The molecule has 0 heterocycles. The molecule has 0 radical (unpaired) electrons. The van der Waals surface area contributed by atoms with Crippen LogP contribution >= 0.6 is 0 Å². The molecule has 0 saturated carbocycles. The fraction of sp³-hybridized carbons (Fsp3) is 0.400. The second-order valence-corrected chi connectivity index (χ2v) is 3.38. The van der Waals surface area contributed by atoms with Gasteiger partial charge in [-0.25, -0.2) is 0 Å². The number of halogens is 6. The minimum absolute atomic E-state index is 0.0853. The van der Waals surface area contributed by atoms with Gasteiger partial charge in [-0.1, -0.05) is 6.92 Å². The van der Waals surface area contributed by atoms with Gasteiger partial charge in [0.15, 0.2) is 0 Å². The van der Waals surface area contributed by atoms with Gasteiger partial charge >= 0.3 is 12.4 Å². The number of alkyl halides is 6. The molecule has 0 aliphatic carbocycles. The van der Waals surface area contributed by atoms with Crippen LogP contribution in [0.1, 0.15) is 23.6 Å². The van der Waals surface area contributed by atoms with Crippen molar-refractivity contribution in [3.63, 3.8) is 0 Å². The Balaban J connectivity index is 3.47. The third-order valence-electron chi connectivity index (χ3n) is 2.19. The molecule has 0 spiro atoms. The van der Waals surface area contributed by atoms with Crippen LogP contribution in [0.15, 0.2) is 12.1 Å². The Hall–Kier alpha value is -1.40. The van der Waals surface area contributed by atoms with Crippen molar-refractivity contribution in [2.24, 2.45) is 0 Å². The topological polar surface area (TPSA) is 20.2 Å². The van der Waals surface area contributed by atoms with Gasteiger partial charge in [-0.15, -0.1) is 0 Å². The third-order valence-corrected chi connectivity index (χ3v) is 2.19. The van der Waals surface area contributed by atoms with E-state index in [0.29, 0.717) is 6.07 Å². The summed E-state index contributed by atoms with van der Waals surface area (Å²) in [6, 6.07) is 0.491. The van der Waals surface area contributed by atoms with Crippen LogP contribution in [-0.4, -0.2) is 5.11 Å². The van der Waals surface area contributed by atoms with Gasteiger partial charge in [0, 0.05) is 0 Å². The molecule has 1 aromatic rings. The Labute approximate surface area is 92.7 Å². The molecule has 1 aromatic carbocycles. The summed E-state index contributed by atoms with van der Waals surface area (Å²) in [4.78, 5) is 0. The molecule has 0 amide bonds. The average molecular weight is 258 g/mol. The quantitative estimate of drug-likeness (QED) is 0.755. The molecule has 96 valence electrons. The molecular weight excluding hydrogens is 250 g/mol. The van der Waals surface area contributed by atoms with E-state index < -0.39 is 34.8 Å². The van der Waals surface area contributed by atoms with Gasteiger partial charge in [0.05, 0.1) is 5.56 Å². The molecule has 0 saturated heterocycles. The first kappa shape index (κ1) is 13.7. The molecule has 1 nitrogen and oxygen atoms in total. The molecule has 0 aromatic heterocycles. The predicted octanol–water partition coefficient (Wildman–Crippen LogP) is 3.99. The van der Waals surface area contributed by atoms with Crippen molar-refractivity contribution in [1.29, 1.82) is 0 Å². The van der Waals surface area contributed by atoms with Crippen LogP contribution in [0.3, 0.4) is 0 Å². The summed E-state index contributed by atoms with van der Waals surface area (Å²) in [5.74, 6) is -1.40. The number of aryl methyl sites for hydroxylation is 1. The summed E-state index contributed by atoms with van der Waals surface area (Å²) in [7, 11) is 0. The normalized spacial score (nSPS) is 12.9. The van der Waals surface area contributed by atoms with E-state index in [-0.39, 0.29) is 12.5 Å². The van der Waals surface area contributed by atoms with Gasteiger partial charge in [-0.3, -0.25) is 0 Å². The zero-order valence-corrected chi connectivity index (χ0v) is 8.58. The molecule has 0 aliphatic heterocycles. The second-order valence-electron chi connectivity index (χ2n) is 3.38. The average Bonchev–Trinajstić information content (AvgIpc) is 2.12. The van der Waals surface area contributed by atoms with E-state index in [1.54, 1.807) is 0 Å². The van der Waals surface area contributed by atoms with Crippen LogP contribution in [0.25, 0.3) is 0 Å². The van der Waals surface area contributed by atoms with Crippen LogP contribution in [0.4, 0.5) is 26.3 Å². The van der Waals surface area contributed by atoms with Gasteiger partial charge in [-0.05, 0) is 24.1 Å². The van der Waals surface area contributed by atoms with E-state index in [4.69, 9.17) is 5.11 Å². The van der Waals surface area contributed by atoms with E-state index in [2.05, 4.69) is 0 Å². The van der Waals surface area contributed by atoms with E-state index in [1.807, 2.05) is 0 Å². The van der Waals surface area contributed by atoms with Crippen molar-refractivity contribution in [1.82, 2.24) is 0 Å². The van der Waals surface area contributed by atoms with Crippen molar-refractivity contribution >= 4 is 0 Å². The summed E-state index contributed by atoms with van der Waals surface area (Å²) in [5, 5.41) is 9.08. The Morgan fingerprint density at radius 3 is 1.88 bits per heavy atom. The van der Waals surface area contributed by atoms with Crippen LogP contribution < -0.4 is 0 Å². The minimum atomic E-state index is -4.88. The number of hydrogen-bond acceptors (Lipinski definition) is 1. The number of benzene rings is 1. The van der Waals surface area contributed by atoms with Gasteiger partial charge < -0.3 is 5.11 Å². The van der Waals surface area contributed by atoms with E-state index >= 15 is 0 Å². The summed E-state index contributed by atoms with van der Waals surface area (Å²) in [6.07, 6.45) is -9.92. The number of rotatable bonds is 1. The minimum Gasteiger partial charge on any atom is -0.507 e. The lowest BCUT2D eigenvalue weighted by atomic mass is 10.00. The zero-order chi connectivity index (χ0) is 13.4. The highest BCUT2D eigenvalue weighted by molar-refractivity contribution is 5.45. The molecular formula is C10H8F6O. The first-order valence-corrected chi connectivity index (χ1v) is 4.57. The van der Waals surface area contributed by atoms with E-state index in [0.717, 1.165) is 0 Å². The largest absolute Gasteiger partial charge is 0.507 e. The fourth-order valence-corrected chi connectivity index (χ4v) is 1.46. The van der Waals surface area contributed by atoms with Gasteiger partial charge in [0.25, 0.3) is 0 Å². The molecule has 17 heavy (non-hydrogen) atoms. The van der Waals surface area contributed by atoms with Crippen LogP contribution in [0, 0.1) is 0 Å². The summed E-state index contributed by atoms with van der Waals surface area (Å²) >= 11 is 0. The lowest BCUT2D eigenvalue weighted by Gasteiger charge is -2.16. The summed E-state index contributed by atoms with van der Waals surface area (Å²) in [6.45, 7) is 1.28. The summed E-state index contributed by atoms with van der Waals surface area (Å²) < 4.78 is 74.4. The summed E-state index contributed by atoms with van der Waals surface area (Å²) in [5.41, 5.74) is -3.28. The third kappa shape index (κ3) is 2.83. The Kier molecular flexibility index (Phi) is 3.31. The van der Waals surface area contributed by atoms with E-state index in [9.17, 15) is 26.3 Å². The number of aromatic hydroxyl groups is 1. The maximum absolute atomic E-state index is 12.5. The smallest absolute Gasteiger partial charge is 0.420 e. The molecule has 1 N–H and O–H groups in total. The second kappa shape index (κ2) is 4.12. The molecule has 7 heteroatoms. The Bertz CT molecular complexity index is 418. The monoisotopic (exact) mass is 258 g/mol. The van der Waals surface area contributed by atoms with Crippen molar-refractivity contribution in [2.45, 2.75) is 25.7 Å². The first-order chi connectivity index (χ1) is 7.57. The molecule has 0 fully saturated rings. The van der Waals surface area contributed by atoms with Gasteiger partial charge in [0.2, 0.25) is 0 Å².